The second-order valence-electron chi connectivity index (χ2n) is 7.46. The monoisotopic (exact) mass is 428 g/mol. The highest BCUT2D eigenvalue weighted by Crippen LogP contribution is 2.23. The van der Waals surface area contributed by atoms with E-state index in [0.29, 0.717) is 11.7 Å². The molecule has 0 aliphatic rings. The minimum absolute atomic E-state index is 0.0231. The maximum atomic E-state index is 12.7. The average molecular weight is 429 g/mol. The fourth-order valence-corrected chi connectivity index (χ4v) is 4.72. The summed E-state index contributed by atoms with van der Waals surface area (Å²) in [5, 5.41) is 14.6. The van der Waals surface area contributed by atoms with Gasteiger partial charge in [0, 0.05) is 11.4 Å². The number of hydrogen-bond donors (Lipinski definition) is 1. The third kappa shape index (κ3) is 6.44. The van der Waals surface area contributed by atoms with Crippen LogP contribution >= 0.6 is 23.1 Å². The summed E-state index contributed by atoms with van der Waals surface area (Å²) >= 11 is 3.21. The molecule has 3 rings (SSSR count). The van der Waals surface area contributed by atoms with E-state index in [1.165, 1.54) is 16.6 Å². The molecular formula is C22H28N4OS2. The molecule has 154 valence electrons. The number of thioether (sulfide) groups is 1. The van der Waals surface area contributed by atoms with Crippen molar-refractivity contribution < 1.29 is 4.79 Å². The van der Waals surface area contributed by atoms with E-state index in [0.717, 1.165) is 35.9 Å². The van der Waals surface area contributed by atoms with Crippen LogP contribution in [-0.4, -0.2) is 26.4 Å². The molecule has 3 aromatic rings. The van der Waals surface area contributed by atoms with Crippen LogP contribution in [0.1, 0.15) is 42.6 Å². The predicted octanol–water partition coefficient (Wildman–Crippen LogP) is 4.89. The zero-order valence-electron chi connectivity index (χ0n) is 17.2. The van der Waals surface area contributed by atoms with E-state index in [9.17, 15) is 4.79 Å². The van der Waals surface area contributed by atoms with Crippen LogP contribution in [-0.2, 0) is 17.8 Å². The van der Waals surface area contributed by atoms with Crippen LogP contribution in [0.3, 0.4) is 0 Å². The lowest BCUT2D eigenvalue weighted by Crippen LogP contribution is -2.31. The van der Waals surface area contributed by atoms with E-state index >= 15 is 0 Å². The number of thiophene rings is 1. The number of nitrogens with one attached hydrogen (secondary N) is 1. The zero-order valence-corrected chi connectivity index (χ0v) is 18.8. The number of aromatic nitrogens is 3. The first-order valence-corrected chi connectivity index (χ1v) is 11.8. The summed E-state index contributed by atoms with van der Waals surface area (Å²) in [6.07, 6.45) is 1.86. The molecular weight excluding hydrogens is 400 g/mol. The van der Waals surface area contributed by atoms with E-state index in [-0.39, 0.29) is 11.9 Å². The van der Waals surface area contributed by atoms with Gasteiger partial charge in [0.1, 0.15) is 5.82 Å². The van der Waals surface area contributed by atoms with Crippen molar-refractivity contribution in [2.75, 3.05) is 5.75 Å². The first-order chi connectivity index (χ1) is 14.0. The summed E-state index contributed by atoms with van der Waals surface area (Å²) in [7, 11) is 0. The van der Waals surface area contributed by atoms with Gasteiger partial charge in [0.25, 0.3) is 0 Å². The Balaban J connectivity index is 1.58. The van der Waals surface area contributed by atoms with Crippen LogP contribution in [0.25, 0.3) is 0 Å². The van der Waals surface area contributed by atoms with Crippen LogP contribution in [0.4, 0.5) is 0 Å². The molecule has 7 heteroatoms. The highest BCUT2D eigenvalue weighted by Gasteiger charge is 2.17. The minimum Gasteiger partial charge on any atom is -0.349 e. The van der Waals surface area contributed by atoms with Gasteiger partial charge in [0.2, 0.25) is 5.91 Å². The SMILES string of the molecule is Cc1nnc(SCC(=O)NC(CC(C)C)c2ccccc2)n1CCc1cccs1. The van der Waals surface area contributed by atoms with Crippen molar-refractivity contribution in [2.45, 2.75) is 51.4 Å². The van der Waals surface area contributed by atoms with Crippen LogP contribution in [0.5, 0.6) is 0 Å². The Bertz CT molecular complexity index is 891. The van der Waals surface area contributed by atoms with E-state index in [1.54, 1.807) is 11.3 Å². The van der Waals surface area contributed by atoms with Gasteiger partial charge >= 0.3 is 0 Å². The van der Waals surface area contributed by atoms with E-state index < -0.39 is 0 Å². The third-order valence-corrected chi connectivity index (χ3v) is 6.54. The summed E-state index contributed by atoms with van der Waals surface area (Å²) in [6.45, 7) is 7.13. The molecule has 0 bridgehead atoms. The Hall–Kier alpha value is -2.12. The van der Waals surface area contributed by atoms with E-state index in [2.05, 4.69) is 63.6 Å². The van der Waals surface area contributed by atoms with E-state index in [4.69, 9.17) is 0 Å². The largest absolute Gasteiger partial charge is 0.349 e. The lowest BCUT2D eigenvalue weighted by molar-refractivity contribution is -0.119. The molecule has 1 amide bonds. The smallest absolute Gasteiger partial charge is 0.230 e. The van der Waals surface area contributed by atoms with Crippen LogP contribution in [0.15, 0.2) is 53.0 Å². The number of benzene rings is 1. The van der Waals surface area contributed by atoms with Crippen molar-refractivity contribution in [3.63, 3.8) is 0 Å². The summed E-state index contributed by atoms with van der Waals surface area (Å²) in [5.41, 5.74) is 1.15. The molecule has 5 nitrogen and oxygen atoms in total. The van der Waals surface area contributed by atoms with Gasteiger partial charge in [-0.1, -0.05) is 62.0 Å². The summed E-state index contributed by atoms with van der Waals surface area (Å²) in [6, 6.07) is 14.4. The first-order valence-electron chi connectivity index (χ1n) is 9.92. The molecule has 2 aromatic heterocycles. The maximum absolute atomic E-state index is 12.7. The zero-order chi connectivity index (χ0) is 20.6. The lowest BCUT2D eigenvalue weighted by atomic mass is 9.97. The predicted molar refractivity (Wildman–Crippen MR) is 120 cm³/mol. The molecule has 1 atom stereocenters. The Morgan fingerprint density at radius 3 is 2.66 bits per heavy atom. The number of carbonyl (C=O) groups excluding carboxylic acids is 1. The standard InChI is InChI=1S/C22H28N4OS2/c1-16(2)14-20(18-8-5-4-6-9-18)23-21(27)15-29-22-25-24-17(3)26(22)12-11-19-10-7-13-28-19/h4-10,13,16,20H,11-12,14-15H2,1-3H3,(H,23,27). The van der Waals surface area contributed by atoms with Crippen LogP contribution < -0.4 is 5.32 Å². The molecule has 0 spiro atoms. The Kier molecular flexibility index (Phi) is 7.89. The normalized spacial score (nSPS) is 12.3. The number of aryl methyl sites for hydroxylation is 2. The number of carbonyl (C=O) groups is 1. The molecule has 0 fully saturated rings. The minimum atomic E-state index is 0.0231. The molecule has 1 unspecified atom stereocenters. The number of nitrogens with zero attached hydrogens (tertiary/aromatic N) is 3. The van der Waals surface area contributed by atoms with Crippen LogP contribution in [0, 0.1) is 12.8 Å². The molecule has 0 radical (unpaired) electrons. The van der Waals surface area contributed by atoms with Crippen molar-refractivity contribution in [3.05, 3.63) is 64.1 Å². The van der Waals surface area contributed by atoms with Crippen molar-refractivity contribution in [1.29, 1.82) is 0 Å². The third-order valence-electron chi connectivity index (χ3n) is 4.64. The fourth-order valence-electron chi connectivity index (χ4n) is 3.20. The summed E-state index contributed by atoms with van der Waals surface area (Å²) < 4.78 is 2.10. The second-order valence-corrected chi connectivity index (χ2v) is 9.43. The molecule has 29 heavy (non-hydrogen) atoms. The summed E-state index contributed by atoms with van der Waals surface area (Å²) in [5.74, 6) is 1.73. The van der Waals surface area contributed by atoms with Crippen molar-refractivity contribution in [3.8, 4) is 0 Å². The second kappa shape index (κ2) is 10.6. The maximum Gasteiger partial charge on any atom is 0.230 e. The molecule has 0 aliphatic heterocycles. The van der Waals surface area contributed by atoms with Gasteiger partial charge in [-0.25, -0.2) is 0 Å². The van der Waals surface area contributed by atoms with Gasteiger partial charge in [-0.05, 0) is 42.7 Å². The lowest BCUT2D eigenvalue weighted by Gasteiger charge is -2.21. The summed E-state index contributed by atoms with van der Waals surface area (Å²) in [4.78, 5) is 14.0. The molecule has 1 aromatic carbocycles. The number of hydrogen-bond acceptors (Lipinski definition) is 5. The molecule has 0 saturated carbocycles. The van der Waals surface area contributed by atoms with E-state index in [1.807, 2.05) is 25.1 Å². The van der Waals surface area contributed by atoms with Crippen molar-refractivity contribution in [2.24, 2.45) is 5.92 Å². The van der Waals surface area contributed by atoms with Gasteiger partial charge in [-0.2, -0.15) is 0 Å². The highest BCUT2D eigenvalue weighted by atomic mass is 32.2. The fraction of sp³-hybridized carbons (Fsp3) is 0.409. The number of rotatable bonds is 10. The first kappa shape index (κ1) is 21.6. The quantitative estimate of drug-likeness (QED) is 0.467. The van der Waals surface area contributed by atoms with Gasteiger partial charge in [-0.15, -0.1) is 21.5 Å². The van der Waals surface area contributed by atoms with Gasteiger partial charge < -0.3 is 9.88 Å². The highest BCUT2D eigenvalue weighted by molar-refractivity contribution is 7.99. The van der Waals surface area contributed by atoms with Crippen molar-refractivity contribution >= 4 is 29.0 Å². The van der Waals surface area contributed by atoms with Crippen LogP contribution in [0.2, 0.25) is 0 Å². The number of amides is 1. The van der Waals surface area contributed by atoms with Gasteiger partial charge in [0.15, 0.2) is 5.16 Å². The molecule has 0 aliphatic carbocycles. The topological polar surface area (TPSA) is 59.8 Å². The molecule has 2 heterocycles. The Morgan fingerprint density at radius 1 is 1.17 bits per heavy atom. The van der Waals surface area contributed by atoms with Gasteiger partial charge in [-0.3, -0.25) is 4.79 Å². The Labute approximate surface area is 180 Å². The van der Waals surface area contributed by atoms with Crippen molar-refractivity contribution in [1.82, 2.24) is 20.1 Å². The van der Waals surface area contributed by atoms with Gasteiger partial charge in [0.05, 0.1) is 11.8 Å². The molecule has 0 saturated heterocycles. The average Bonchev–Trinajstić information content (AvgIpc) is 3.34. The molecule has 1 N–H and O–H groups in total. The Morgan fingerprint density at radius 2 is 1.97 bits per heavy atom.